The Morgan fingerprint density at radius 2 is 2.03 bits per heavy atom. The van der Waals surface area contributed by atoms with Crippen LogP contribution in [-0.2, 0) is 9.53 Å². The van der Waals surface area contributed by atoms with Gasteiger partial charge in [0.25, 0.3) is 5.91 Å². The lowest BCUT2D eigenvalue weighted by Gasteiger charge is -2.32. The van der Waals surface area contributed by atoms with Gasteiger partial charge in [-0.1, -0.05) is 11.3 Å². The number of anilines is 1. The maximum Gasteiger partial charge on any atom is 0.328 e. The molecule has 3 rings (SSSR count). The van der Waals surface area contributed by atoms with Gasteiger partial charge in [-0.15, -0.1) is 10.2 Å². The number of aromatic nitrogens is 2. The number of benzene rings is 1. The van der Waals surface area contributed by atoms with Gasteiger partial charge in [-0.2, -0.15) is 0 Å². The predicted molar refractivity (Wildman–Crippen MR) is 112 cm³/mol. The van der Waals surface area contributed by atoms with Crippen molar-refractivity contribution in [3.05, 3.63) is 40.1 Å². The molecule has 0 spiro atoms. The summed E-state index contributed by atoms with van der Waals surface area (Å²) in [4.78, 5) is 38.3. The highest BCUT2D eigenvalue weighted by Gasteiger charge is 2.29. The van der Waals surface area contributed by atoms with Crippen molar-refractivity contribution in [2.75, 3.05) is 25.0 Å². The van der Waals surface area contributed by atoms with Crippen LogP contribution in [0, 0.1) is 5.82 Å². The van der Waals surface area contributed by atoms with Crippen LogP contribution in [0.15, 0.2) is 24.3 Å². The van der Waals surface area contributed by atoms with E-state index in [0.29, 0.717) is 23.8 Å². The Bertz CT molecular complexity index is 936. The number of nitrogens with one attached hydrogen (secondary N) is 2. The molecular weight excluding hydrogens is 425 g/mol. The summed E-state index contributed by atoms with van der Waals surface area (Å²) < 4.78 is 17.9. The minimum atomic E-state index is -0.740. The van der Waals surface area contributed by atoms with Crippen LogP contribution in [-0.4, -0.2) is 58.7 Å². The molecule has 2 atom stereocenters. The molecule has 2 N–H and O–H groups in total. The van der Waals surface area contributed by atoms with Crippen LogP contribution >= 0.6 is 11.3 Å². The van der Waals surface area contributed by atoms with Crippen molar-refractivity contribution >= 4 is 34.9 Å². The minimum Gasteiger partial charge on any atom is -0.464 e. The van der Waals surface area contributed by atoms with E-state index in [1.165, 1.54) is 35.6 Å². The van der Waals surface area contributed by atoms with Crippen LogP contribution in [0.25, 0.3) is 0 Å². The number of ether oxygens (including phenoxy) is 1. The van der Waals surface area contributed by atoms with E-state index in [1.54, 1.807) is 18.7 Å². The van der Waals surface area contributed by atoms with Gasteiger partial charge in [-0.05, 0) is 51.0 Å². The molecule has 1 aliphatic rings. The lowest BCUT2D eigenvalue weighted by Crippen LogP contribution is -2.49. The Hall–Kier alpha value is -3.08. The van der Waals surface area contributed by atoms with E-state index in [1.807, 2.05) is 0 Å². The number of halogens is 1. The Balaban J connectivity index is 1.58. The zero-order chi connectivity index (χ0) is 22.4. The first-order chi connectivity index (χ1) is 14.9. The number of carbonyl (C=O) groups excluding carboxylic acids is 3. The maximum atomic E-state index is 13.0. The van der Waals surface area contributed by atoms with Gasteiger partial charge in [-0.25, -0.2) is 14.0 Å². The summed E-state index contributed by atoms with van der Waals surface area (Å²) in [5.74, 6) is -1.35. The number of urea groups is 1. The number of piperidine rings is 1. The van der Waals surface area contributed by atoms with Crippen molar-refractivity contribution in [2.45, 2.75) is 38.6 Å². The van der Waals surface area contributed by atoms with Gasteiger partial charge >= 0.3 is 12.0 Å². The largest absolute Gasteiger partial charge is 0.464 e. The van der Waals surface area contributed by atoms with Crippen molar-refractivity contribution in [1.29, 1.82) is 0 Å². The zero-order valence-electron chi connectivity index (χ0n) is 17.3. The van der Waals surface area contributed by atoms with Gasteiger partial charge in [0.05, 0.1) is 6.61 Å². The number of esters is 1. The molecule has 0 bridgehead atoms. The predicted octanol–water partition coefficient (Wildman–Crippen LogP) is 2.77. The van der Waals surface area contributed by atoms with Crippen LogP contribution in [0.5, 0.6) is 0 Å². The summed E-state index contributed by atoms with van der Waals surface area (Å²) in [5.41, 5.74) is 0.458. The average molecular weight is 450 g/mol. The van der Waals surface area contributed by atoms with E-state index in [-0.39, 0.29) is 23.6 Å². The molecule has 0 radical (unpaired) electrons. The van der Waals surface area contributed by atoms with Crippen molar-refractivity contribution in [3.8, 4) is 0 Å². The smallest absolute Gasteiger partial charge is 0.328 e. The van der Waals surface area contributed by atoms with E-state index in [9.17, 15) is 18.8 Å². The van der Waals surface area contributed by atoms with Crippen molar-refractivity contribution in [3.63, 3.8) is 0 Å². The van der Waals surface area contributed by atoms with E-state index in [2.05, 4.69) is 20.8 Å². The van der Waals surface area contributed by atoms with Crippen LogP contribution in [0.4, 0.5) is 14.9 Å². The molecular formula is C20H24FN5O4S. The van der Waals surface area contributed by atoms with Crippen LogP contribution in [0.1, 0.15) is 47.4 Å². The number of nitrogens with zero attached hydrogens (tertiary/aromatic N) is 3. The first-order valence-electron chi connectivity index (χ1n) is 9.99. The van der Waals surface area contributed by atoms with Gasteiger partial charge in [0.2, 0.25) is 5.01 Å². The molecule has 0 unspecified atom stereocenters. The fraction of sp³-hybridized carbons (Fsp3) is 0.450. The first kappa shape index (κ1) is 22.6. The molecule has 0 aliphatic carbocycles. The molecule has 0 saturated carbocycles. The van der Waals surface area contributed by atoms with Crippen LogP contribution in [0.2, 0.25) is 0 Å². The van der Waals surface area contributed by atoms with E-state index >= 15 is 0 Å². The third kappa shape index (κ3) is 5.97. The van der Waals surface area contributed by atoms with Crippen molar-refractivity contribution in [2.24, 2.45) is 0 Å². The number of hydrogen-bond acceptors (Lipinski definition) is 7. The van der Waals surface area contributed by atoms with Crippen molar-refractivity contribution < 1.29 is 23.5 Å². The topological polar surface area (TPSA) is 114 Å². The van der Waals surface area contributed by atoms with Gasteiger partial charge in [0.1, 0.15) is 16.9 Å². The maximum absolute atomic E-state index is 13.0. The summed E-state index contributed by atoms with van der Waals surface area (Å²) in [6, 6.07) is 4.35. The first-order valence-corrected chi connectivity index (χ1v) is 10.8. The van der Waals surface area contributed by atoms with E-state index in [4.69, 9.17) is 4.74 Å². The molecule has 11 heteroatoms. The molecule has 1 aliphatic heterocycles. The average Bonchev–Trinajstić information content (AvgIpc) is 3.26. The molecule has 2 heterocycles. The van der Waals surface area contributed by atoms with Gasteiger partial charge in [0.15, 0.2) is 0 Å². The number of hydrogen-bond donors (Lipinski definition) is 2. The Morgan fingerprint density at radius 3 is 2.74 bits per heavy atom. The number of carbonyl (C=O) groups is 3. The Morgan fingerprint density at radius 1 is 1.29 bits per heavy atom. The molecule has 2 aromatic rings. The highest BCUT2D eigenvalue weighted by Crippen LogP contribution is 2.29. The van der Waals surface area contributed by atoms with Crippen LogP contribution in [0.3, 0.4) is 0 Å². The minimum absolute atomic E-state index is 0.0535. The summed E-state index contributed by atoms with van der Waals surface area (Å²) in [5, 5.41) is 14.3. The lowest BCUT2D eigenvalue weighted by atomic mass is 9.99. The molecule has 1 fully saturated rings. The number of likely N-dealkylation sites (tertiary alicyclic amines) is 1. The molecule has 1 aromatic carbocycles. The summed E-state index contributed by atoms with van der Waals surface area (Å²) in [7, 11) is 0. The summed E-state index contributed by atoms with van der Waals surface area (Å²) in [6.07, 6.45) is 1.58. The molecule has 166 valence electrons. The summed E-state index contributed by atoms with van der Waals surface area (Å²) >= 11 is 1.17. The van der Waals surface area contributed by atoms with Crippen molar-refractivity contribution in [1.82, 2.24) is 20.4 Å². The fourth-order valence-electron chi connectivity index (χ4n) is 3.17. The lowest BCUT2D eigenvalue weighted by molar-refractivity contribution is -0.144. The van der Waals surface area contributed by atoms with Gasteiger partial charge < -0.3 is 20.3 Å². The highest BCUT2D eigenvalue weighted by atomic mass is 32.1. The number of rotatable bonds is 6. The SMILES string of the molecule is CCOC(=O)[C@H](C)NC(=O)N1CCC[C@@H](c2nnc(C(=O)Nc3ccc(F)cc3)s2)C1. The third-order valence-corrected chi connectivity index (χ3v) is 5.86. The molecule has 9 nitrogen and oxygen atoms in total. The second kappa shape index (κ2) is 10.3. The second-order valence-electron chi connectivity index (χ2n) is 7.11. The van der Waals surface area contributed by atoms with Crippen LogP contribution < -0.4 is 10.6 Å². The standard InChI is InChI=1S/C20H24FN5O4S/c1-3-30-19(28)12(2)22-20(29)26-10-4-5-13(11-26)17-24-25-18(31-17)16(27)23-15-8-6-14(21)7-9-15/h6-9,12-13H,3-5,10-11H2,1-2H3,(H,22,29)(H,23,27)/t12-,13+/m0/s1. The summed E-state index contributed by atoms with van der Waals surface area (Å²) in [6.45, 7) is 4.51. The zero-order valence-corrected chi connectivity index (χ0v) is 18.1. The molecule has 31 heavy (non-hydrogen) atoms. The molecule has 1 saturated heterocycles. The quantitative estimate of drug-likeness (QED) is 0.656. The second-order valence-corrected chi connectivity index (χ2v) is 8.12. The monoisotopic (exact) mass is 449 g/mol. The normalized spacial score (nSPS) is 17.0. The third-order valence-electron chi connectivity index (χ3n) is 4.77. The Labute approximate surface area is 183 Å². The number of amides is 3. The van der Waals surface area contributed by atoms with E-state index < -0.39 is 23.7 Å². The Kier molecular flexibility index (Phi) is 7.50. The van der Waals surface area contributed by atoms with E-state index in [0.717, 1.165) is 12.8 Å². The molecule has 1 aromatic heterocycles. The van der Waals surface area contributed by atoms with Gasteiger partial charge in [-0.3, -0.25) is 4.79 Å². The van der Waals surface area contributed by atoms with Gasteiger partial charge in [0, 0.05) is 24.7 Å². The fourth-order valence-corrected chi connectivity index (χ4v) is 4.04. The molecule has 3 amide bonds. The highest BCUT2D eigenvalue weighted by molar-refractivity contribution is 7.13.